The van der Waals surface area contributed by atoms with Gasteiger partial charge in [-0.2, -0.15) is 0 Å². The van der Waals surface area contributed by atoms with Gasteiger partial charge < -0.3 is 15.0 Å². The summed E-state index contributed by atoms with van der Waals surface area (Å²) in [5, 5.41) is 3.79. The molecule has 0 amide bonds. The first-order valence-corrected chi connectivity index (χ1v) is 12.5. The van der Waals surface area contributed by atoms with Gasteiger partial charge in [0.2, 0.25) is 0 Å². The van der Waals surface area contributed by atoms with E-state index in [4.69, 9.17) is 14.7 Å². The average molecular weight is 458 g/mol. The van der Waals surface area contributed by atoms with Gasteiger partial charge in [0.05, 0.1) is 29.2 Å². The number of pyridine rings is 1. The van der Waals surface area contributed by atoms with E-state index in [2.05, 4.69) is 61.4 Å². The molecular formula is C28H35N5O. The summed E-state index contributed by atoms with van der Waals surface area (Å²) in [4.78, 5) is 17.1. The predicted molar refractivity (Wildman–Crippen MR) is 138 cm³/mol. The van der Waals surface area contributed by atoms with E-state index in [0.717, 1.165) is 47.1 Å². The third-order valence-corrected chi connectivity index (χ3v) is 6.96. The van der Waals surface area contributed by atoms with Crippen LogP contribution in [0.4, 0.5) is 11.6 Å². The van der Waals surface area contributed by atoms with E-state index in [1.165, 1.54) is 29.5 Å². The minimum atomic E-state index is 0.0845. The van der Waals surface area contributed by atoms with Gasteiger partial charge in [-0.15, -0.1) is 0 Å². The fraction of sp³-hybridized carbons (Fsp3) is 0.464. The third kappa shape index (κ3) is 4.27. The number of aromatic nitrogens is 3. The van der Waals surface area contributed by atoms with Crippen LogP contribution in [0.25, 0.3) is 11.3 Å². The topological polar surface area (TPSA) is 63.2 Å². The lowest BCUT2D eigenvalue weighted by molar-refractivity contribution is 0.0573. The maximum Gasteiger partial charge on any atom is 0.148 e. The van der Waals surface area contributed by atoms with Crippen LogP contribution in [0.2, 0.25) is 0 Å². The van der Waals surface area contributed by atoms with Gasteiger partial charge in [-0.25, -0.2) is 15.0 Å². The lowest BCUT2D eigenvalue weighted by Gasteiger charge is -2.24. The summed E-state index contributed by atoms with van der Waals surface area (Å²) in [6, 6.07) is 10.9. The Balaban J connectivity index is 1.56. The average Bonchev–Trinajstić information content (AvgIpc) is 3.62. The normalized spacial score (nSPS) is 19.2. The number of aryl methyl sites for hydroxylation is 2. The van der Waals surface area contributed by atoms with Gasteiger partial charge in [0.15, 0.2) is 0 Å². The van der Waals surface area contributed by atoms with Crippen molar-refractivity contribution in [1.29, 1.82) is 0 Å². The van der Waals surface area contributed by atoms with Gasteiger partial charge in [0, 0.05) is 44.8 Å². The quantitative estimate of drug-likeness (QED) is 0.484. The molecule has 0 saturated heterocycles. The Kier molecular flexibility index (Phi) is 6.26. The number of rotatable bonds is 8. The van der Waals surface area contributed by atoms with Crippen molar-refractivity contribution in [2.75, 3.05) is 30.9 Å². The minimum absolute atomic E-state index is 0.0845. The maximum absolute atomic E-state index is 6.16. The molecule has 2 atom stereocenters. The van der Waals surface area contributed by atoms with E-state index >= 15 is 0 Å². The highest BCUT2D eigenvalue weighted by molar-refractivity contribution is 5.68. The van der Waals surface area contributed by atoms with Crippen molar-refractivity contribution in [3.63, 3.8) is 0 Å². The number of ether oxygens (including phenoxy) is 1. The second-order valence-corrected chi connectivity index (χ2v) is 9.65. The van der Waals surface area contributed by atoms with Gasteiger partial charge in [0.25, 0.3) is 0 Å². The van der Waals surface area contributed by atoms with Crippen LogP contribution >= 0.6 is 0 Å². The number of hydrogen-bond acceptors (Lipinski definition) is 6. The highest BCUT2D eigenvalue weighted by Gasteiger charge is 2.36. The van der Waals surface area contributed by atoms with Crippen molar-refractivity contribution in [2.24, 2.45) is 0 Å². The standard InChI is InChI=1S/C28H35N5O/c1-6-22-26(21-16-29-24(33(4)5)14-17(21)3)31-25(18-12-13-18)28(30-22)32-27-20-11-9-8-10-19(20)15-23(27)34-7-2/h8-11,14,16,18,23,27H,6-7,12-13,15H2,1-5H3,(H,30,32). The van der Waals surface area contributed by atoms with E-state index in [0.29, 0.717) is 12.5 Å². The molecule has 2 heterocycles. The number of nitrogens with one attached hydrogen (secondary N) is 1. The van der Waals surface area contributed by atoms with Gasteiger partial charge in [-0.05, 0) is 55.9 Å². The van der Waals surface area contributed by atoms with Crippen LogP contribution < -0.4 is 10.2 Å². The van der Waals surface area contributed by atoms with Crippen molar-refractivity contribution >= 4 is 11.6 Å². The SMILES string of the molecule is CCOC1Cc2ccccc2C1Nc1nc(CC)c(-c2cnc(N(C)C)cc2C)nc1C1CC1. The summed E-state index contributed by atoms with van der Waals surface area (Å²) < 4.78 is 6.16. The predicted octanol–water partition coefficient (Wildman–Crippen LogP) is 5.47. The molecule has 1 N–H and O–H groups in total. The van der Waals surface area contributed by atoms with Crippen LogP contribution in [0.15, 0.2) is 36.5 Å². The van der Waals surface area contributed by atoms with Crippen molar-refractivity contribution in [2.45, 2.75) is 64.5 Å². The molecule has 2 aliphatic rings. The molecule has 1 aromatic carbocycles. The summed E-state index contributed by atoms with van der Waals surface area (Å²) in [6.45, 7) is 7.05. The first-order valence-electron chi connectivity index (χ1n) is 12.5. The summed E-state index contributed by atoms with van der Waals surface area (Å²) in [7, 11) is 4.03. The molecule has 6 heteroatoms. The molecule has 2 unspecified atom stereocenters. The van der Waals surface area contributed by atoms with E-state index in [1.807, 2.05) is 25.2 Å². The molecule has 0 bridgehead atoms. The lowest BCUT2D eigenvalue weighted by atomic mass is 10.0. The van der Waals surface area contributed by atoms with E-state index in [-0.39, 0.29) is 12.1 Å². The minimum Gasteiger partial charge on any atom is -0.376 e. The van der Waals surface area contributed by atoms with Crippen LogP contribution in [0.5, 0.6) is 0 Å². The summed E-state index contributed by atoms with van der Waals surface area (Å²) in [5.74, 6) is 2.34. The molecule has 0 aliphatic heterocycles. The second kappa shape index (κ2) is 9.34. The number of fused-ring (bicyclic) bond motifs is 1. The van der Waals surface area contributed by atoms with E-state index in [1.54, 1.807) is 0 Å². The Morgan fingerprint density at radius 1 is 1.12 bits per heavy atom. The molecule has 0 radical (unpaired) electrons. The molecule has 6 nitrogen and oxygen atoms in total. The first kappa shape index (κ1) is 22.8. The smallest absolute Gasteiger partial charge is 0.148 e. The van der Waals surface area contributed by atoms with Crippen molar-refractivity contribution in [3.8, 4) is 11.3 Å². The highest BCUT2D eigenvalue weighted by atomic mass is 16.5. The molecule has 0 spiro atoms. The molecule has 2 aromatic heterocycles. The van der Waals surface area contributed by atoms with Gasteiger partial charge in [-0.3, -0.25) is 0 Å². The largest absolute Gasteiger partial charge is 0.376 e. The van der Waals surface area contributed by atoms with Gasteiger partial charge in [-0.1, -0.05) is 31.2 Å². The van der Waals surface area contributed by atoms with Crippen LogP contribution in [0.1, 0.15) is 66.7 Å². The van der Waals surface area contributed by atoms with Crippen LogP contribution in [-0.4, -0.2) is 41.8 Å². The summed E-state index contributed by atoms with van der Waals surface area (Å²) in [6.07, 6.45) is 6.13. The van der Waals surface area contributed by atoms with Crippen LogP contribution in [0, 0.1) is 6.92 Å². The second-order valence-electron chi connectivity index (χ2n) is 9.65. The number of anilines is 2. The van der Waals surface area contributed by atoms with Crippen molar-refractivity contribution in [1.82, 2.24) is 15.0 Å². The summed E-state index contributed by atoms with van der Waals surface area (Å²) in [5.41, 5.74) is 7.98. The summed E-state index contributed by atoms with van der Waals surface area (Å²) >= 11 is 0. The fourth-order valence-electron chi connectivity index (χ4n) is 4.97. The molecule has 34 heavy (non-hydrogen) atoms. The lowest BCUT2D eigenvalue weighted by Crippen LogP contribution is -2.26. The molecule has 5 rings (SSSR count). The Bertz CT molecular complexity index is 1190. The first-order chi connectivity index (χ1) is 16.5. The van der Waals surface area contributed by atoms with Gasteiger partial charge in [0.1, 0.15) is 11.6 Å². The molecule has 2 aliphatic carbocycles. The number of benzene rings is 1. The molecule has 1 saturated carbocycles. The maximum atomic E-state index is 6.16. The Morgan fingerprint density at radius 2 is 1.91 bits per heavy atom. The zero-order valence-corrected chi connectivity index (χ0v) is 20.9. The monoisotopic (exact) mass is 457 g/mol. The van der Waals surface area contributed by atoms with Crippen LogP contribution in [0.3, 0.4) is 0 Å². The Hall–Kier alpha value is -2.99. The highest BCUT2D eigenvalue weighted by Crippen LogP contribution is 2.45. The third-order valence-electron chi connectivity index (χ3n) is 6.96. The van der Waals surface area contributed by atoms with Crippen molar-refractivity contribution < 1.29 is 4.74 Å². The number of nitrogens with zero attached hydrogens (tertiary/aromatic N) is 4. The Morgan fingerprint density at radius 3 is 2.59 bits per heavy atom. The molecule has 178 valence electrons. The zero-order chi connectivity index (χ0) is 23.8. The van der Waals surface area contributed by atoms with Crippen LogP contribution in [-0.2, 0) is 17.6 Å². The van der Waals surface area contributed by atoms with Gasteiger partial charge >= 0.3 is 0 Å². The molecular weight excluding hydrogens is 422 g/mol. The fourth-order valence-corrected chi connectivity index (χ4v) is 4.97. The molecule has 3 aromatic rings. The Labute approximate surface area is 202 Å². The van der Waals surface area contributed by atoms with Crippen molar-refractivity contribution in [3.05, 3.63) is 64.6 Å². The number of hydrogen-bond donors (Lipinski definition) is 1. The molecule has 1 fully saturated rings. The zero-order valence-electron chi connectivity index (χ0n) is 20.9. The van der Waals surface area contributed by atoms with E-state index in [9.17, 15) is 0 Å². The van der Waals surface area contributed by atoms with E-state index < -0.39 is 0 Å².